The Balaban J connectivity index is 1.69. The maximum Gasteiger partial charge on any atom is 0.260 e. The third-order valence-corrected chi connectivity index (χ3v) is 5.32. The summed E-state index contributed by atoms with van der Waals surface area (Å²) >= 11 is 0. The molecular weight excluding hydrogens is 297 g/mol. The Morgan fingerprint density at radius 3 is 2.39 bits per heavy atom. The Morgan fingerprint density at radius 1 is 1.22 bits per heavy atom. The Bertz CT molecular complexity index is 534. The summed E-state index contributed by atoms with van der Waals surface area (Å²) in [4.78, 5) is 33.1. The second-order valence-electron chi connectivity index (χ2n) is 6.97. The largest absolute Gasteiger partial charge is 0.340 e. The first-order valence-electron chi connectivity index (χ1n) is 8.85. The maximum absolute atomic E-state index is 13.9. The topological polar surface area (TPSA) is 53.0 Å². The molecule has 0 aromatic rings. The van der Waals surface area contributed by atoms with E-state index in [1.54, 1.807) is 9.80 Å². The number of carbonyl (C=O) groups is 2. The third-order valence-electron chi connectivity index (χ3n) is 5.32. The fourth-order valence-electron chi connectivity index (χ4n) is 3.59. The van der Waals surface area contributed by atoms with Crippen LogP contribution in [-0.2, 0) is 9.59 Å². The lowest BCUT2D eigenvalue weighted by atomic mass is 9.87. The quantitative estimate of drug-likeness (QED) is 0.779. The minimum absolute atomic E-state index is 0.0691. The highest BCUT2D eigenvalue weighted by molar-refractivity contribution is 6.08. The van der Waals surface area contributed by atoms with Crippen molar-refractivity contribution >= 4 is 17.6 Å². The lowest BCUT2D eigenvalue weighted by Gasteiger charge is -2.36. The minimum Gasteiger partial charge on any atom is -0.340 e. The molecule has 6 heteroatoms. The summed E-state index contributed by atoms with van der Waals surface area (Å²) in [6.07, 6.45) is 4.63. The zero-order chi connectivity index (χ0) is 16.7. The second-order valence-corrected chi connectivity index (χ2v) is 6.97. The van der Waals surface area contributed by atoms with Gasteiger partial charge in [0.1, 0.15) is 11.4 Å². The van der Waals surface area contributed by atoms with Crippen LogP contribution in [0.5, 0.6) is 0 Å². The van der Waals surface area contributed by atoms with Crippen LogP contribution in [0.4, 0.5) is 4.39 Å². The van der Waals surface area contributed by atoms with Crippen molar-refractivity contribution in [3.63, 3.8) is 0 Å². The van der Waals surface area contributed by atoms with Gasteiger partial charge in [0.2, 0.25) is 0 Å². The number of hydrogen-bond donors (Lipinski definition) is 0. The molecule has 0 unspecified atom stereocenters. The molecule has 5 nitrogen and oxygen atoms in total. The number of amides is 2. The SMILES string of the molecule is CCCCC1=NC2(CCN(C(=O)C3(F)CC3)CC2)C(=O)N1CC. The van der Waals surface area contributed by atoms with Gasteiger partial charge in [-0.05, 0) is 39.0 Å². The van der Waals surface area contributed by atoms with Gasteiger partial charge in [0, 0.05) is 26.1 Å². The van der Waals surface area contributed by atoms with E-state index in [0.717, 1.165) is 25.1 Å². The molecule has 2 heterocycles. The molecule has 3 rings (SSSR count). The number of carbonyl (C=O) groups excluding carboxylic acids is 2. The Labute approximate surface area is 136 Å². The zero-order valence-corrected chi connectivity index (χ0v) is 14.1. The number of unbranched alkanes of at least 4 members (excludes halogenated alkanes) is 1. The number of alkyl halides is 1. The molecule has 128 valence electrons. The van der Waals surface area contributed by atoms with Crippen LogP contribution in [0.1, 0.15) is 58.8 Å². The molecule has 0 aromatic heterocycles. The van der Waals surface area contributed by atoms with E-state index in [0.29, 0.717) is 45.3 Å². The molecular formula is C17H26FN3O2. The molecule has 0 bridgehead atoms. The van der Waals surface area contributed by atoms with Crippen LogP contribution in [0.15, 0.2) is 4.99 Å². The van der Waals surface area contributed by atoms with Crippen molar-refractivity contribution in [2.45, 2.75) is 70.0 Å². The van der Waals surface area contributed by atoms with Crippen LogP contribution >= 0.6 is 0 Å². The van der Waals surface area contributed by atoms with Gasteiger partial charge in [-0.15, -0.1) is 0 Å². The van der Waals surface area contributed by atoms with Gasteiger partial charge < -0.3 is 4.90 Å². The monoisotopic (exact) mass is 323 g/mol. The Hall–Kier alpha value is -1.46. The number of likely N-dealkylation sites (tertiary alicyclic amines) is 1. The number of hydrogen-bond acceptors (Lipinski definition) is 3. The molecule has 1 saturated heterocycles. The van der Waals surface area contributed by atoms with Gasteiger partial charge in [-0.3, -0.25) is 19.5 Å². The lowest BCUT2D eigenvalue weighted by molar-refractivity contribution is -0.142. The summed E-state index contributed by atoms with van der Waals surface area (Å²) in [5.74, 6) is 0.572. The van der Waals surface area contributed by atoms with Crippen molar-refractivity contribution in [2.24, 2.45) is 4.99 Å². The van der Waals surface area contributed by atoms with Gasteiger partial charge in [0.15, 0.2) is 5.67 Å². The van der Waals surface area contributed by atoms with Gasteiger partial charge in [0.25, 0.3) is 11.8 Å². The highest BCUT2D eigenvalue weighted by Gasteiger charge is 2.55. The Morgan fingerprint density at radius 2 is 1.87 bits per heavy atom. The average molecular weight is 323 g/mol. The molecule has 0 aromatic carbocycles. The van der Waals surface area contributed by atoms with Crippen LogP contribution in [0.2, 0.25) is 0 Å². The first-order valence-corrected chi connectivity index (χ1v) is 8.85. The van der Waals surface area contributed by atoms with Crippen LogP contribution in [-0.4, -0.2) is 58.3 Å². The summed E-state index contributed by atoms with van der Waals surface area (Å²) < 4.78 is 13.9. The van der Waals surface area contributed by atoms with Crippen molar-refractivity contribution in [1.29, 1.82) is 0 Å². The van der Waals surface area contributed by atoms with Crippen LogP contribution < -0.4 is 0 Å². The predicted molar refractivity (Wildman–Crippen MR) is 86.0 cm³/mol. The molecule has 1 saturated carbocycles. The van der Waals surface area contributed by atoms with Crippen LogP contribution in [0.3, 0.4) is 0 Å². The molecule has 2 fully saturated rings. The van der Waals surface area contributed by atoms with Crippen molar-refractivity contribution in [2.75, 3.05) is 19.6 Å². The third kappa shape index (κ3) is 2.76. The van der Waals surface area contributed by atoms with Crippen LogP contribution in [0, 0.1) is 0 Å². The second kappa shape index (κ2) is 5.87. The van der Waals surface area contributed by atoms with Gasteiger partial charge in [0.05, 0.1) is 0 Å². The first kappa shape index (κ1) is 16.4. The van der Waals surface area contributed by atoms with Gasteiger partial charge >= 0.3 is 0 Å². The molecule has 0 N–H and O–H groups in total. The highest BCUT2D eigenvalue weighted by atomic mass is 19.1. The van der Waals surface area contributed by atoms with E-state index in [-0.39, 0.29) is 11.8 Å². The van der Waals surface area contributed by atoms with Gasteiger partial charge in [-0.25, -0.2) is 4.39 Å². The fraction of sp³-hybridized carbons (Fsp3) is 0.824. The minimum atomic E-state index is -1.62. The summed E-state index contributed by atoms with van der Waals surface area (Å²) in [5.41, 5.74) is -2.32. The number of likely N-dealkylation sites (N-methyl/N-ethyl adjacent to an activating group) is 1. The molecule has 23 heavy (non-hydrogen) atoms. The molecule has 3 aliphatic rings. The lowest BCUT2D eigenvalue weighted by Crippen LogP contribution is -2.52. The number of nitrogens with zero attached hydrogens (tertiary/aromatic N) is 3. The molecule has 2 aliphatic heterocycles. The number of piperidine rings is 1. The van der Waals surface area contributed by atoms with Crippen molar-refractivity contribution in [3.05, 3.63) is 0 Å². The summed E-state index contributed by atoms with van der Waals surface area (Å²) in [6, 6.07) is 0. The smallest absolute Gasteiger partial charge is 0.260 e. The fourth-order valence-corrected chi connectivity index (χ4v) is 3.59. The summed E-state index contributed by atoms with van der Waals surface area (Å²) in [5, 5.41) is 0. The van der Waals surface area contributed by atoms with Gasteiger partial charge in [-0.2, -0.15) is 0 Å². The number of aliphatic imine (C=N–C) groups is 1. The maximum atomic E-state index is 13.9. The van der Waals surface area contributed by atoms with E-state index in [4.69, 9.17) is 4.99 Å². The van der Waals surface area contributed by atoms with Crippen molar-refractivity contribution in [1.82, 2.24) is 9.80 Å². The number of halogens is 1. The standard InChI is InChI=1S/C17H26FN3O2/c1-3-5-6-13-19-17(15(23)21(13)4-2)9-11-20(12-10-17)14(22)16(18)7-8-16/h3-12H2,1-2H3. The van der Waals surface area contributed by atoms with E-state index < -0.39 is 11.2 Å². The highest BCUT2D eigenvalue weighted by Crippen LogP contribution is 2.43. The number of amidine groups is 1. The normalized spacial score (nSPS) is 25.0. The van der Waals surface area contributed by atoms with Crippen LogP contribution in [0.25, 0.3) is 0 Å². The van der Waals surface area contributed by atoms with Gasteiger partial charge in [-0.1, -0.05) is 13.3 Å². The van der Waals surface area contributed by atoms with Crippen molar-refractivity contribution < 1.29 is 14.0 Å². The molecule has 2 amide bonds. The van der Waals surface area contributed by atoms with E-state index in [1.807, 2.05) is 6.92 Å². The van der Waals surface area contributed by atoms with Crippen molar-refractivity contribution in [3.8, 4) is 0 Å². The summed E-state index contributed by atoms with van der Waals surface area (Å²) in [6.45, 7) is 5.59. The first-order chi connectivity index (χ1) is 11.0. The molecule has 1 spiro atoms. The zero-order valence-electron chi connectivity index (χ0n) is 14.1. The molecule has 0 atom stereocenters. The predicted octanol–water partition coefficient (Wildman–Crippen LogP) is 2.30. The Kier molecular flexibility index (Phi) is 4.19. The van der Waals surface area contributed by atoms with E-state index in [1.165, 1.54) is 0 Å². The average Bonchev–Trinajstić information content (AvgIpc) is 3.26. The molecule has 1 aliphatic carbocycles. The van der Waals surface area contributed by atoms with E-state index in [9.17, 15) is 14.0 Å². The van der Waals surface area contributed by atoms with E-state index in [2.05, 4.69) is 6.92 Å². The number of rotatable bonds is 5. The summed E-state index contributed by atoms with van der Waals surface area (Å²) in [7, 11) is 0. The molecule has 0 radical (unpaired) electrons. The van der Waals surface area contributed by atoms with E-state index >= 15 is 0 Å².